The summed E-state index contributed by atoms with van der Waals surface area (Å²) in [5.74, 6) is -0.100. The topological polar surface area (TPSA) is 21.3 Å². The fourth-order valence-electron chi connectivity index (χ4n) is 1.38. The van der Waals surface area contributed by atoms with Gasteiger partial charge in [0.15, 0.2) is 0 Å². The summed E-state index contributed by atoms with van der Waals surface area (Å²) in [6.07, 6.45) is -3.68. The fourth-order valence-corrected chi connectivity index (χ4v) is 1.38. The van der Waals surface area contributed by atoms with Gasteiger partial charge in [-0.1, -0.05) is 19.1 Å². The molecule has 0 radical (unpaired) electrons. The molecule has 0 fully saturated rings. The second-order valence-corrected chi connectivity index (χ2v) is 3.55. The van der Waals surface area contributed by atoms with Crippen molar-refractivity contribution in [1.29, 1.82) is 0 Å². The zero-order chi connectivity index (χ0) is 12.7. The maximum atomic E-state index is 12.6. The summed E-state index contributed by atoms with van der Waals surface area (Å²) in [6.45, 7) is 3.84. The first-order valence-corrected chi connectivity index (χ1v) is 5.55. The van der Waals surface area contributed by atoms with E-state index in [1.807, 2.05) is 6.92 Å². The Morgan fingerprint density at radius 1 is 1.24 bits per heavy atom. The average molecular weight is 247 g/mol. The van der Waals surface area contributed by atoms with E-state index in [1.165, 1.54) is 18.2 Å². The van der Waals surface area contributed by atoms with Crippen LogP contribution >= 0.6 is 0 Å². The lowest BCUT2D eigenvalue weighted by atomic mass is 10.2. The summed E-state index contributed by atoms with van der Waals surface area (Å²) in [5.41, 5.74) is -0.719. The Hall–Kier alpha value is -1.23. The summed E-state index contributed by atoms with van der Waals surface area (Å²) in [5, 5.41) is 3.08. The monoisotopic (exact) mass is 247 g/mol. The SMILES string of the molecule is CCNCCCOc1ccccc1C(F)(F)F. The van der Waals surface area contributed by atoms with Crippen LogP contribution in [0.4, 0.5) is 13.2 Å². The minimum Gasteiger partial charge on any atom is -0.493 e. The third kappa shape index (κ3) is 4.65. The van der Waals surface area contributed by atoms with E-state index < -0.39 is 11.7 Å². The summed E-state index contributed by atoms with van der Waals surface area (Å²) in [4.78, 5) is 0. The first-order chi connectivity index (χ1) is 8.05. The lowest BCUT2D eigenvalue weighted by Gasteiger charge is -2.13. The molecule has 1 aromatic rings. The van der Waals surface area contributed by atoms with Crippen molar-refractivity contribution < 1.29 is 17.9 Å². The number of para-hydroxylation sites is 1. The Kier molecular flexibility index (Phi) is 5.28. The average Bonchev–Trinajstić information content (AvgIpc) is 2.28. The number of rotatable bonds is 6. The molecule has 2 nitrogen and oxygen atoms in total. The van der Waals surface area contributed by atoms with Gasteiger partial charge in [-0.25, -0.2) is 0 Å². The van der Waals surface area contributed by atoms with Crippen molar-refractivity contribution in [2.75, 3.05) is 19.7 Å². The van der Waals surface area contributed by atoms with Crippen molar-refractivity contribution in [3.05, 3.63) is 29.8 Å². The molecule has 1 N–H and O–H groups in total. The molecular formula is C12H16F3NO. The second-order valence-electron chi connectivity index (χ2n) is 3.55. The molecule has 0 heterocycles. The molecule has 0 aromatic heterocycles. The Labute approximate surface area is 98.8 Å². The number of benzene rings is 1. The number of alkyl halides is 3. The van der Waals surface area contributed by atoms with Gasteiger partial charge in [0.2, 0.25) is 0 Å². The Balaban J connectivity index is 2.53. The molecule has 0 aliphatic carbocycles. The fraction of sp³-hybridized carbons (Fsp3) is 0.500. The summed E-state index contributed by atoms with van der Waals surface area (Å²) in [6, 6.07) is 5.26. The third-order valence-corrected chi connectivity index (χ3v) is 2.20. The van der Waals surface area contributed by atoms with Crippen LogP contribution in [-0.2, 0) is 6.18 Å². The van der Waals surface area contributed by atoms with Gasteiger partial charge in [0, 0.05) is 0 Å². The first kappa shape index (κ1) is 13.8. The van der Waals surface area contributed by atoms with Crippen LogP contribution in [-0.4, -0.2) is 19.7 Å². The molecule has 0 unspecified atom stereocenters. The zero-order valence-corrected chi connectivity index (χ0v) is 9.68. The van der Waals surface area contributed by atoms with E-state index >= 15 is 0 Å². The van der Waals surface area contributed by atoms with Crippen LogP contribution in [0.5, 0.6) is 5.75 Å². The van der Waals surface area contributed by atoms with Gasteiger partial charge in [-0.2, -0.15) is 13.2 Å². The van der Waals surface area contributed by atoms with Gasteiger partial charge in [0.05, 0.1) is 12.2 Å². The highest BCUT2D eigenvalue weighted by Gasteiger charge is 2.33. The quantitative estimate of drug-likeness (QED) is 0.780. The summed E-state index contributed by atoms with van der Waals surface area (Å²) >= 11 is 0. The van der Waals surface area contributed by atoms with Crippen LogP contribution in [0.2, 0.25) is 0 Å². The van der Waals surface area contributed by atoms with Crippen LogP contribution in [0.15, 0.2) is 24.3 Å². The van der Waals surface area contributed by atoms with E-state index in [9.17, 15) is 13.2 Å². The van der Waals surface area contributed by atoms with E-state index in [4.69, 9.17) is 4.74 Å². The minimum atomic E-state index is -4.36. The van der Waals surface area contributed by atoms with Crippen LogP contribution in [0.1, 0.15) is 18.9 Å². The standard InChI is InChI=1S/C12H16F3NO/c1-2-16-8-5-9-17-11-7-4-3-6-10(11)12(13,14)15/h3-4,6-7,16H,2,5,8-9H2,1H3. The zero-order valence-electron chi connectivity index (χ0n) is 9.68. The van der Waals surface area contributed by atoms with E-state index in [-0.39, 0.29) is 12.4 Å². The molecule has 0 atom stereocenters. The molecule has 0 amide bonds. The summed E-state index contributed by atoms with van der Waals surface area (Å²) in [7, 11) is 0. The highest BCUT2D eigenvalue weighted by molar-refractivity contribution is 5.35. The van der Waals surface area contributed by atoms with Crippen molar-refractivity contribution in [1.82, 2.24) is 5.32 Å². The highest BCUT2D eigenvalue weighted by atomic mass is 19.4. The van der Waals surface area contributed by atoms with Gasteiger partial charge >= 0.3 is 6.18 Å². The van der Waals surface area contributed by atoms with E-state index in [0.29, 0.717) is 6.42 Å². The number of nitrogens with one attached hydrogen (secondary N) is 1. The molecule has 0 aliphatic heterocycles. The van der Waals surface area contributed by atoms with Crippen molar-refractivity contribution >= 4 is 0 Å². The lowest BCUT2D eigenvalue weighted by molar-refractivity contribution is -0.138. The highest BCUT2D eigenvalue weighted by Crippen LogP contribution is 2.35. The molecule has 0 aliphatic rings. The predicted molar refractivity (Wildman–Crippen MR) is 60.1 cm³/mol. The molecule has 5 heteroatoms. The molecule has 96 valence electrons. The van der Waals surface area contributed by atoms with Gasteiger partial charge < -0.3 is 10.1 Å². The van der Waals surface area contributed by atoms with Crippen LogP contribution < -0.4 is 10.1 Å². The summed E-state index contributed by atoms with van der Waals surface area (Å²) < 4.78 is 42.9. The van der Waals surface area contributed by atoms with E-state index in [1.54, 1.807) is 0 Å². The van der Waals surface area contributed by atoms with Crippen molar-refractivity contribution in [3.8, 4) is 5.75 Å². The molecule has 0 saturated heterocycles. The molecular weight excluding hydrogens is 231 g/mol. The maximum Gasteiger partial charge on any atom is 0.419 e. The number of hydrogen-bond donors (Lipinski definition) is 1. The smallest absolute Gasteiger partial charge is 0.419 e. The van der Waals surface area contributed by atoms with Gasteiger partial charge in [-0.3, -0.25) is 0 Å². The predicted octanol–water partition coefficient (Wildman–Crippen LogP) is 3.08. The number of halogens is 3. The first-order valence-electron chi connectivity index (χ1n) is 5.55. The van der Waals surface area contributed by atoms with Crippen molar-refractivity contribution in [3.63, 3.8) is 0 Å². The number of hydrogen-bond acceptors (Lipinski definition) is 2. The lowest BCUT2D eigenvalue weighted by Crippen LogP contribution is -2.17. The Bertz CT molecular complexity index is 339. The van der Waals surface area contributed by atoms with Gasteiger partial charge in [-0.15, -0.1) is 0 Å². The van der Waals surface area contributed by atoms with Crippen LogP contribution in [0.25, 0.3) is 0 Å². The molecule has 1 rings (SSSR count). The molecule has 0 spiro atoms. The minimum absolute atomic E-state index is 0.100. The largest absolute Gasteiger partial charge is 0.493 e. The third-order valence-electron chi connectivity index (χ3n) is 2.20. The Morgan fingerprint density at radius 3 is 2.59 bits per heavy atom. The Morgan fingerprint density at radius 2 is 1.94 bits per heavy atom. The van der Waals surface area contributed by atoms with E-state index in [0.717, 1.165) is 19.2 Å². The van der Waals surface area contributed by atoms with E-state index in [2.05, 4.69) is 5.32 Å². The molecule has 1 aromatic carbocycles. The van der Waals surface area contributed by atoms with Crippen molar-refractivity contribution in [2.24, 2.45) is 0 Å². The normalized spacial score (nSPS) is 11.5. The second kappa shape index (κ2) is 6.49. The van der Waals surface area contributed by atoms with Crippen LogP contribution in [0.3, 0.4) is 0 Å². The molecule has 0 bridgehead atoms. The van der Waals surface area contributed by atoms with Gasteiger partial charge in [0.1, 0.15) is 5.75 Å². The van der Waals surface area contributed by atoms with Crippen LogP contribution in [0, 0.1) is 0 Å². The maximum absolute atomic E-state index is 12.6. The van der Waals surface area contributed by atoms with Gasteiger partial charge in [0.25, 0.3) is 0 Å². The molecule has 0 saturated carbocycles. The van der Waals surface area contributed by atoms with Crippen molar-refractivity contribution in [2.45, 2.75) is 19.5 Å². The molecule has 17 heavy (non-hydrogen) atoms. The van der Waals surface area contributed by atoms with Gasteiger partial charge in [-0.05, 0) is 31.6 Å². The number of ether oxygens (including phenoxy) is 1.